The number of benzene rings is 1. The molecule has 0 unspecified atom stereocenters. The number of ketones is 1. The molecule has 2 aliphatic rings. The number of nitrogens with zero attached hydrogens (tertiary/aromatic N) is 1. The van der Waals surface area contributed by atoms with Crippen LogP contribution in [0.1, 0.15) is 62.2 Å². The van der Waals surface area contributed by atoms with Gasteiger partial charge in [0.2, 0.25) is 5.91 Å². The van der Waals surface area contributed by atoms with E-state index in [4.69, 9.17) is 14.2 Å². The van der Waals surface area contributed by atoms with Crippen LogP contribution in [0.2, 0.25) is 0 Å². The highest BCUT2D eigenvalue weighted by Crippen LogP contribution is 2.26. The summed E-state index contributed by atoms with van der Waals surface area (Å²) < 4.78 is 16.8. The van der Waals surface area contributed by atoms with Crippen molar-refractivity contribution in [1.82, 2.24) is 4.90 Å². The van der Waals surface area contributed by atoms with Gasteiger partial charge in [-0.15, -0.1) is 0 Å². The molecule has 2 aliphatic heterocycles. The topological polar surface area (TPSA) is 65.1 Å². The molecule has 0 bridgehead atoms. The van der Waals surface area contributed by atoms with Gasteiger partial charge in [0, 0.05) is 37.4 Å². The minimum absolute atomic E-state index is 0.00137. The van der Waals surface area contributed by atoms with Crippen molar-refractivity contribution in [2.75, 3.05) is 32.9 Å². The average Bonchev–Trinajstić information content (AvgIpc) is 3.30. The van der Waals surface area contributed by atoms with E-state index in [2.05, 4.69) is 6.92 Å². The predicted octanol–water partition coefficient (Wildman–Crippen LogP) is 3.83. The zero-order valence-corrected chi connectivity index (χ0v) is 17.4. The number of hydrogen-bond donors (Lipinski definition) is 0. The van der Waals surface area contributed by atoms with Crippen LogP contribution in [0, 0.1) is 5.92 Å². The van der Waals surface area contributed by atoms with Crippen LogP contribution in [0.4, 0.5) is 0 Å². The van der Waals surface area contributed by atoms with Gasteiger partial charge in [-0.2, -0.15) is 0 Å². The molecule has 0 saturated carbocycles. The molecule has 0 atom stereocenters. The molecule has 2 heterocycles. The fraction of sp³-hybridized carbons (Fsp3) is 0.652. The van der Waals surface area contributed by atoms with Gasteiger partial charge in [-0.05, 0) is 43.5 Å². The second kappa shape index (κ2) is 11.3. The number of carbonyl (C=O) groups is 2. The summed E-state index contributed by atoms with van der Waals surface area (Å²) in [5.74, 6) is 1.21. The third-order valence-electron chi connectivity index (χ3n) is 5.68. The lowest BCUT2D eigenvalue weighted by Crippen LogP contribution is -2.41. The van der Waals surface area contributed by atoms with E-state index in [1.165, 1.54) is 0 Å². The Morgan fingerprint density at radius 2 is 1.72 bits per heavy atom. The number of rotatable bonds is 10. The van der Waals surface area contributed by atoms with E-state index in [1.807, 2.05) is 17.0 Å². The molecular formula is C23H33NO5. The summed E-state index contributed by atoms with van der Waals surface area (Å²) in [7, 11) is 0. The van der Waals surface area contributed by atoms with Crippen LogP contribution in [-0.4, -0.2) is 55.8 Å². The van der Waals surface area contributed by atoms with Gasteiger partial charge in [-0.1, -0.05) is 19.8 Å². The summed E-state index contributed by atoms with van der Waals surface area (Å²) in [5.41, 5.74) is 0.632. The highest BCUT2D eigenvalue weighted by molar-refractivity contribution is 5.98. The Balaban J connectivity index is 1.37. The largest absolute Gasteiger partial charge is 0.494 e. The lowest BCUT2D eigenvalue weighted by molar-refractivity contribution is -0.136. The van der Waals surface area contributed by atoms with E-state index in [0.717, 1.165) is 37.9 Å². The Labute approximate surface area is 173 Å². The third kappa shape index (κ3) is 6.54. The average molecular weight is 404 g/mol. The van der Waals surface area contributed by atoms with Crippen molar-refractivity contribution >= 4 is 11.7 Å². The van der Waals surface area contributed by atoms with Crippen molar-refractivity contribution in [3.8, 4) is 5.75 Å². The summed E-state index contributed by atoms with van der Waals surface area (Å²) in [6, 6.07) is 7.24. The zero-order valence-electron chi connectivity index (χ0n) is 17.4. The van der Waals surface area contributed by atoms with Crippen LogP contribution in [0.25, 0.3) is 0 Å². The number of likely N-dealkylation sites (tertiary alicyclic amines) is 1. The van der Waals surface area contributed by atoms with Crippen molar-refractivity contribution in [2.24, 2.45) is 5.92 Å². The van der Waals surface area contributed by atoms with E-state index in [-0.39, 0.29) is 30.8 Å². The van der Waals surface area contributed by atoms with Crippen molar-refractivity contribution < 1.29 is 23.8 Å². The minimum Gasteiger partial charge on any atom is -0.494 e. The van der Waals surface area contributed by atoms with Crippen molar-refractivity contribution in [3.63, 3.8) is 0 Å². The van der Waals surface area contributed by atoms with Crippen molar-refractivity contribution in [2.45, 2.75) is 58.2 Å². The number of Topliss-reactive ketones (excluding diaryl/α,β-unsaturated/α-hetero) is 1. The molecule has 0 aliphatic carbocycles. The molecule has 1 amide bonds. The lowest BCUT2D eigenvalue weighted by atomic mass is 9.95. The molecular weight excluding hydrogens is 370 g/mol. The summed E-state index contributed by atoms with van der Waals surface area (Å²) in [6.07, 6.45) is 5.54. The van der Waals surface area contributed by atoms with Gasteiger partial charge in [0.15, 0.2) is 12.1 Å². The first-order valence-electron chi connectivity index (χ1n) is 10.9. The summed E-state index contributed by atoms with van der Waals surface area (Å²) >= 11 is 0. The highest BCUT2D eigenvalue weighted by atomic mass is 16.7. The van der Waals surface area contributed by atoms with Crippen LogP contribution in [0.3, 0.4) is 0 Å². The maximum absolute atomic E-state index is 12.5. The standard InChI is InChI=1S/C23H33NO5/c1-2-3-4-15-27-20-7-5-18(6-8-20)21(25)9-10-22(26)24-13-11-19(12-14-24)23-28-16-17-29-23/h5-8,19,23H,2-4,9-17H2,1H3. The van der Waals surface area contributed by atoms with Crippen LogP contribution in [0.15, 0.2) is 24.3 Å². The van der Waals surface area contributed by atoms with Gasteiger partial charge >= 0.3 is 0 Å². The van der Waals surface area contributed by atoms with Gasteiger partial charge in [0.1, 0.15) is 5.75 Å². The lowest BCUT2D eigenvalue weighted by Gasteiger charge is -2.33. The van der Waals surface area contributed by atoms with E-state index < -0.39 is 0 Å². The Morgan fingerprint density at radius 1 is 1.03 bits per heavy atom. The van der Waals surface area contributed by atoms with Crippen LogP contribution in [-0.2, 0) is 14.3 Å². The monoisotopic (exact) mass is 403 g/mol. The van der Waals surface area contributed by atoms with E-state index in [0.29, 0.717) is 44.4 Å². The molecule has 160 valence electrons. The van der Waals surface area contributed by atoms with Crippen LogP contribution < -0.4 is 4.74 Å². The molecule has 3 rings (SSSR count). The Kier molecular flexibility index (Phi) is 8.50. The molecule has 0 aromatic heterocycles. The van der Waals surface area contributed by atoms with Gasteiger partial charge in [-0.25, -0.2) is 0 Å². The molecule has 0 spiro atoms. The summed E-state index contributed by atoms with van der Waals surface area (Å²) in [5, 5.41) is 0. The predicted molar refractivity (Wildman–Crippen MR) is 110 cm³/mol. The van der Waals surface area contributed by atoms with E-state index >= 15 is 0 Å². The smallest absolute Gasteiger partial charge is 0.223 e. The maximum atomic E-state index is 12.5. The number of hydrogen-bond acceptors (Lipinski definition) is 5. The Morgan fingerprint density at radius 3 is 2.38 bits per heavy atom. The van der Waals surface area contributed by atoms with Gasteiger partial charge < -0.3 is 19.1 Å². The second-order valence-corrected chi connectivity index (χ2v) is 7.83. The van der Waals surface area contributed by atoms with Crippen LogP contribution in [0.5, 0.6) is 5.75 Å². The molecule has 2 fully saturated rings. The van der Waals surface area contributed by atoms with Gasteiger partial charge in [0.25, 0.3) is 0 Å². The quantitative estimate of drug-likeness (QED) is 0.439. The summed E-state index contributed by atoms with van der Waals surface area (Å²) in [6.45, 7) is 5.62. The van der Waals surface area contributed by atoms with E-state index in [9.17, 15) is 9.59 Å². The normalized spacial score (nSPS) is 18.2. The zero-order chi connectivity index (χ0) is 20.5. The Hall–Kier alpha value is -1.92. The molecule has 1 aromatic rings. The highest BCUT2D eigenvalue weighted by Gasteiger charge is 2.31. The fourth-order valence-electron chi connectivity index (χ4n) is 3.87. The second-order valence-electron chi connectivity index (χ2n) is 7.83. The van der Waals surface area contributed by atoms with Crippen molar-refractivity contribution in [1.29, 1.82) is 0 Å². The first-order chi connectivity index (χ1) is 14.2. The maximum Gasteiger partial charge on any atom is 0.223 e. The number of carbonyl (C=O) groups excluding carboxylic acids is 2. The summed E-state index contributed by atoms with van der Waals surface area (Å²) in [4.78, 5) is 26.8. The Bertz CT molecular complexity index is 646. The number of piperidine rings is 1. The van der Waals surface area contributed by atoms with Gasteiger partial charge in [0.05, 0.1) is 19.8 Å². The molecule has 29 heavy (non-hydrogen) atoms. The first kappa shape index (κ1) is 21.8. The number of ether oxygens (including phenoxy) is 3. The SMILES string of the molecule is CCCCCOc1ccc(C(=O)CCC(=O)N2CCC(C3OCCO3)CC2)cc1. The molecule has 6 heteroatoms. The van der Waals surface area contributed by atoms with Crippen LogP contribution >= 0.6 is 0 Å². The number of unbranched alkanes of at least 4 members (excludes halogenated alkanes) is 2. The molecule has 0 N–H and O–H groups in total. The van der Waals surface area contributed by atoms with Gasteiger partial charge in [-0.3, -0.25) is 9.59 Å². The third-order valence-corrected chi connectivity index (χ3v) is 5.68. The van der Waals surface area contributed by atoms with Crippen molar-refractivity contribution in [3.05, 3.63) is 29.8 Å². The molecule has 1 aromatic carbocycles. The van der Waals surface area contributed by atoms with E-state index in [1.54, 1.807) is 12.1 Å². The molecule has 6 nitrogen and oxygen atoms in total. The first-order valence-corrected chi connectivity index (χ1v) is 10.9. The molecule has 0 radical (unpaired) electrons. The number of amides is 1. The minimum atomic E-state index is -0.104. The molecule has 2 saturated heterocycles. The fourth-order valence-corrected chi connectivity index (χ4v) is 3.87.